The SMILES string of the molecule is COc1cc(OC)c(OC)cc1CNC(=O)c1cc2ccccc2[nH]1. The molecule has 3 aromatic rings. The fourth-order valence-electron chi connectivity index (χ4n) is 2.70. The minimum atomic E-state index is -0.187. The summed E-state index contributed by atoms with van der Waals surface area (Å²) in [5, 5.41) is 3.89. The van der Waals surface area contributed by atoms with Gasteiger partial charge in [-0.3, -0.25) is 4.79 Å². The molecule has 3 rings (SSSR count). The van der Waals surface area contributed by atoms with Crippen LogP contribution < -0.4 is 19.5 Å². The van der Waals surface area contributed by atoms with Gasteiger partial charge >= 0.3 is 0 Å². The molecular formula is C19H20N2O4. The lowest BCUT2D eigenvalue weighted by Crippen LogP contribution is -2.23. The van der Waals surface area contributed by atoms with E-state index in [1.807, 2.05) is 30.3 Å². The number of methoxy groups -OCH3 is 3. The number of ether oxygens (including phenoxy) is 3. The Morgan fingerprint density at radius 3 is 2.32 bits per heavy atom. The van der Waals surface area contributed by atoms with Gasteiger partial charge in [-0.15, -0.1) is 0 Å². The quantitative estimate of drug-likeness (QED) is 0.723. The van der Waals surface area contributed by atoms with E-state index in [2.05, 4.69) is 10.3 Å². The van der Waals surface area contributed by atoms with Crippen molar-refractivity contribution in [3.05, 3.63) is 53.7 Å². The first-order chi connectivity index (χ1) is 12.2. The zero-order valence-electron chi connectivity index (χ0n) is 14.4. The molecule has 0 radical (unpaired) electrons. The summed E-state index contributed by atoms with van der Waals surface area (Å²) in [6.07, 6.45) is 0. The molecule has 1 heterocycles. The molecule has 0 saturated carbocycles. The van der Waals surface area contributed by atoms with Gasteiger partial charge in [0.2, 0.25) is 0 Å². The van der Waals surface area contributed by atoms with Crippen LogP contribution in [0.5, 0.6) is 17.2 Å². The molecule has 1 aromatic heterocycles. The zero-order chi connectivity index (χ0) is 17.8. The number of hydrogen-bond acceptors (Lipinski definition) is 4. The summed E-state index contributed by atoms with van der Waals surface area (Å²) >= 11 is 0. The summed E-state index contributed by atoms with van der Waals surface area (Å²) in [5.74, 6) is 1.59. The molecule has 0 fully saturated rings. The topological polar surface area (TPSA) is 72.6 Å². The number of aromatic nitrogens is 1. The maximum atomic E-state index is 12.4. The smallest absolute Gasteiger partial charge is 0.267 e. The van der Waals surface area contributed by atoms with Gasteiger partial charge < -0.3 is 24.5 Å². The normalized spacial score (nSPS) is 10.5. The van der Waals surface area contributed by atoms with Gasteiger partial charge in [0.25, 0.3) is 5.91 Å². The van der Waals surface area contributed by atoms with Crippen LogP contribution in [0.25, 0.3) is 10.9 Å². The Labute approximate surface area is 145 Å². The molecule has 2 N–H and O–H groups in total. The Balaban J connectivity index is 1.79. The van der Waals surface area contributed by atoms with E-state index in [0.717, 1.165) is 16.5 Å². The highest BCUT2D eigenvalue weighted by atomic mass is 16.5. The Bertz CT molecular complexity index is 869. The average Bonchev–Trinajstić information content (AvgIpc) is 3.09. The van der Waals surface area contributed by atoms with Gasteiger partial charge in [0.1, 0.15) is 11.4 Å². The Kier molecular flexibility index (Phi) is 4.79. The third-order valence-corrected chi connectivity index (χ3v) is 4.00. The van der Waals surface area contributed by atoms with Crippen LogP contribution in [0.15, 0.2) is 42.5 Å². The molecule has 0 saturated heterocycles. The third kappa shape index (κ3) is 3.38. The average molecular weight is 340 g/mol. The molecular weight excluding hydrogens is 320 g/mol. The fourth-order valence-corrected chi connectivity index (χ4v) is 2.70. The molecule has 0 bridgehead atoms. The summed E-state index contributed by atoms with van der Waals surface area (Å²) in [7, 11) is 4.70. The second-order valence-corrected chi connectivity index (χ2v) is 5.47. The van der Waals surface area contributed by atoms with E-state index in [4.69, 9.17) is 14.2 Å². The minimum Gasteiger partial charge on any atom is -0.496 e. The molecule has 0 spiro atoms. The monoisotopic (exact) mass is 340 g/mol. The van der Waals surface area contributed by atoms with Crippen LogP contribution >= 0.6 is 0 Å². The van der Waals surface area contributed by atoms with Crippen molar-refractivity contribution in [2.24, 2.45) is 0 Å². The van der Waals surface area contributed by atoms with Crippen molar-refractivity contribution in [2.45, 2.75) is 6.54 Å². The van der Waals surface area contributed by atoms with E-state index >= 15 is 0 Å². The molecule has 2 aromatic carbocycles. The van der Waals surface area contributed by atoms with Gasteiger partial charge in [-0.2, -0.15) is 0 Å². The first-order valence-electron chi connectivity index (χ1n) is 7.81. The summed E-state index contributed by atoms with van der Waals surface area (Å²) in [5.41, 5.74) is 2.24. The van der Waals surface area contributed by atoms with E-state index in [1.165, 1.54) is 0 Å². The zero-order valence-corrected chi connectivity index (χ0v) is 14.4. The van der Waals surface area contributed by atoms with Gasteiger partial charge in [-0.25, -0.2) is 0 Å². The molecule has 1 amide bonds. The number of para-hydroxylation sites is 1. The predicted octanol–water partition coefficient (Wildman–Crippen LogP) is 3.12. The standard InChI is InChI=1S/C19H20N2O4/c1-23-16-10-18(25-3)17(24-2)9-13(16)11-20-19(22)15-8-12-6-4-5-7-14(12)21-15/h4-10,21H,11H2,1-3H3,(H,20,22). The van der Waals surface area contributed by atoms with Crippen LogP contribution in [0.1, 0.15) is 16.1 Å². The number of nitrogens with one attached hydrogen (secondary N) is 2. The molecule has 0 aliphatic rings. The maximum Gasteiger partial charge on any atom is 0.267 e. The molecule has 130 valence electrons. The summed E-state index contributed by atoms with van der Waals surface area (Å²) in [6, 6.07) is 13.1. The first-order valence-corrected chi connectivity index (χ1v) is 7.81. The van der Waals surface area contributed by atoms with Crippen molar-refractivity contribution in [3.63, 3.8) is 0 Å². The number of hydrogen-bond donors (Lipinski definition) is 2. The Hall–Kier alpha value is -3.15. The van der Waals surface area contributed by atoms with Crippen molar-refractivity contribution in [3.8, 4) is 17.2 Å². The second kappa shape index (κ2) is 7.17. The lowest BCUT2D eigenvalue weighted by Gasteiger charge is -2.14. The third-order valence-electron chi connectivity index (χ3n) is 4.00. The predicted molar refractivity (Wildman–Crippen MR) is 95.6 cm³/mol. The van der Waals surface area contributed by atoms with Gasteiger partial charge in [0.15, 0.2) is 11.5 Å². The van der Waals surface area contributed by atoms with Crippen molar-refractivity contribution >= 4 is 16.8 Å². The van der Waals surface area contributed by atoms with Crippen molar-refractivity contribution in [2.75, 3.05) is 21.3 Å². The highest BCUT2D eigenvalue weighted by molar-refractivity contribution is 5.97. The van der Waals surface area contributed by atoms with E-state index in [0.29, 0.717) is 29.5 Å². The number of carbonyl (C=O) groups is 1. The number of benzene rings is 2. The number of amides is 1. The highest BCUT2D eigenvalue weighted by Crippen LogP contribution is 2.34. The molecule has 0 unspecified atom stereocenters. The van der Waals surface area contributed by atoms with Gasteiger partial charge in [-0.05, 0) is 18.2 Å². The summed E-state index contributed by atoms with van der Waals surface area (Å²) in [6.45, 7) is 0.303. The van der Waals surface area contributed by atoms with Crippen molar-refractivity contribution in [1.82, 2.24) is 10.3 Å². The Morgan fingerprint density at radius 1 is 0.960 bits per heavy atom. The lowest BCUT2D eigenvalue weighted by atomic mass is 10.1. The first kappa shape index (κ1) is 16.7. The minimum absolute atomic E-state index is 0.187. The van der Waals surface area contributed by atoms with Gasteiger partial charge in [0, 0.05) is 29.1 Å². The fraction of sp³-hybridized carbons (Fsp3) is 0.211. The number of carbonyl (C=O) groups excluding carboxylic acids is 1. The summed E-state index contributed by atoms with van der Waals surface area (Å²) < 4.78 is 16.0. The largest absolute Gasteiger partial charge is 0.496 e. The van der Waals surface area contributed by atoms with E-state index in [-0.39, 0.29) is 5.91 Å². The van der Waals surface area contributed by atoms with Gasteiger partial charge in [0.05, 0.1) is 21.3 Å². The maximum absolute atomic E-state index is 12.4. The number of aromatic amines is 1. The van der Waals surface area contributed by atoms with Crippen LogP contribution in [-0.4, -0.2) is 32.2 Å². The molecule has 0 aliphatic carbocycles. The van der Waals surface area contributed by atoms with E-state index < -0.39 is 0 Å². The van der Waals surface area contributed by atoms with Crippen LogP contribution in [0.3, 0.4) is 0 Å². The second-order valence-electron chi connectivity index (χ2n) is 5.47. The van der Waals surface area contributed by atoms with Crippen LogP contribution in [0.2, 0.25) is 0 Å². The summed E-state index contributed by atoms with van der Waals surface area (Å²) in [4.78, 5) is 15.5. The number of fused-ring (bicyclic) bond motifs is 1. The molecule has 6 nitrogen and oxygen atoms in total. The molecule has 6 heteroatoms. The molecule has 0 aliphatic heterocycles. The molecule has 0 atom stereocenters. The number of H-pyrrole nitrogens is 1. The van der Waals surface area contributed by atoms with Crippen LogP contribution in [0, 0.1) is 0 Å². The number of rotatable bonds is 6. The Morgan fingerprint density at radius 2 is 1.64 bits per heavy atom. The van der Waals surface area contributed by atoms with Crippen molar-refractivity contribution < 1.29 is 19.0 Å². The highest BCUT2D eigenvalue weighted by Gasteiger charge is 2.14. The lowest BCUT2D eigenvalue weighted by molar-refractivity contribution is 0.0946. The van der Waals surface area contributed by atoms with Crippen molar-refractivity contribution in [1.29, 1.82) is 0 Å². The van der Waals surface area contributed by atoms with Crippen LogP contribution in [0.4, 0.5) is 0 Å². The van der Waals surface area contributed by atoms with E-state index in [1.54, 1.807) is 33.5 Å². The van der Waals surface area contributed by atoms with E-state index in [9.17, 15) is 4.79 Å². The van der Waals surface area contributed by atoms with Gasteiger partial charge in [-0.1, -0.05) is 18.2 Å². The molecule has 25 heavy (non-hydrogen) atoms. The van der Waals surface area contributed by atoms with Crippen LogP contribution in [-0.2, 0) is 6.54 Å².